The highest BCUT2D eigenvalue weighted by Gasteiger charge is 2.42. The van der Waals surface area contributed by atoms with Crippen molar-refractivity contribution in [3.8, 4) is 0 Å². The van der Waals surface area contributed by atoms with Crippen molar-refractivity contribution in [2.75, 3.05) is 0 Å². The first-order valence-corrected chi connectivity index (χ1v) is 11.8. The summed E-state index contributed by atoms with van der Waals surface area (Å²) in [7, 11) is 0. The van der Waals surface area contributed by atoms with Crippen molar-refractivity contribution in [1.29, 1.82) is 0 Å². The van der Waals surface area contributed by atoms with Gasteiger partial charge in [0.25, 0.3) is 5.56 Å². The average Bonchev–Trinajstić information content (AvgIpc) is 2.77. The van der Waals surface area contributed by atoms with Crippen LogP contribution in [0.3, 0.4) is 0 Å². The second kappa shape index (κ2) is 7.21. The first kappa shape index (κ1) is 19.1. The van der Waals surface area contributed by atoms with Crippen molar-refractivity contribution in [1.82, 2.24) is 14.5 Å². The molecule has 2 aromatic rings. The van der Waals surface area contributed by atoms with E-state index in [-0.39, 0.29) is 11.7 Å². The van der Waals surface area contributed by atoms with Crippen molar-refractivity contribution in [3.63, 3.8) is 0 Å². The van der Waals surface area contributed by atoms with Gasteiger partial charge in [0.15, 0.2) is 0 Å². The second-order valence-corrected chi connectivity index (χ2v) is 9.93. The molecule has 0 radical (unpaired) electrons. The van der Waals surface area contributed by atoms with Gasteiger partial charge < -0.3 is 14.6 Å². The Labute approximate surface area is 181 Å². The largest absolute Gasteiger partial charge is 0.476 e. The second-order valence-electron chi connectivity index (χ2n) is 9.93. The van der Waals surface area contributed by atoms with Crippen molar-refractivity contribution in [2.45, 2.75) is 75.9 Å². The predicted octanol–water partition coefficient (Wildman–Crippen LogP) is 4.36. The zero-order valence-corrected chi connectivity index (χ0v) is 17.7. The SMILES string of the molecule is O=C(O)c1nc2ccccc2n([C@H]2C[C@H]3CCC[C@@H](C2)N3C=C2C3CCCC2C3)c1=O. The molecule has 4 fully saturated rings. The van der Waals surface area contributed by atoms with Gasteiger partial charge in [-0.15, -0.1) is 0 Å². The van der Waals surface area contributed by atoms with E-state index in [4.69, 9.17) is 0 Å². The molecule has 1 aromatic carbocycles. The van der Waals surface area contributed by atoms with E-state index in [1.165, 1.54) is 32.1 Å². The number of nitrogens with zero attached hydrogens (tertiary/aromatic N) is 3. The number of rotatable bonds is 3. The van der Waals surface area contributed by atoms with Gasteiger partial charge in [-0.25, -0.2) is 9.78 Å². The van der Waals surface area contributed by atoms with Crippen LogP contribution in [0.25, 0.3) is 11.0 Å². The summed E-state index contributed by atoms with van der Waals surface area (Å²) < 4.78 is 1.75. The van der Waals surface area contributed by atoms with Crippen LogP contribution < -0.4 is 5.56 Å². The zero-order valence-electron chi connectivity index (χ0n) is 17.7. The van der Waals surface area contributed by atoms with E-state index < -0.39 is 11.5 Å². The fourth-order valence-electron chi connectivity index (χ4n) is 6.82. The Morgan fingerprint density at radius 1 is 0.968 bits per heavy atom. The van der Waals surface area contributed by atoms with Gasteiger partial charge in [0, 0.05) is 18.1 Å². The molecule has 0 spiro atoms. The van der Waals surface area contributed by atoms with E-state index >= 15 is 0 Å². The highest BCUT2D eigenvalue weighted by Crippen LogP contribution is 2.51. The summed E-state index contributed by atoms with van der Waals surface area (Å²) in [5.41, 5.74) is 2.18. The number of allylic oxidation sites excluding steroid dienone is 1. The zero-order chi connectivity index (χ0) is 21.1. The van der Waals surface area contributed by atoms with Crippen LogP contribution in [-0.2, 0) is 0 Å². The summed E-state index contributed by atoms with van der Waals surface area (Å²) in [6.07, 6.45) is 13.3. The van der Waals surface area contributed by atoms with Gasteiger partial charge in [-0.1, -0.05) is 18.6 Å². The van der Waals surface area contributed by atoms with Gasteiger partial charge in [-0.05, 0) is 87.1 Å². The lowest BCUT2D eigenvalue weighted by Crippen LogP contribution is -2.51. The maximum Gasteiger partial charge on any atom is 0.360 e. The molecule has 2 unspecified atom stereocenters. The molecule has 1 aromatic heterocycles. The molecule has 2 saturated heterocycles. The molecule has 2 aliphatic heterocycles. The van der Waals surface area contributed by atoms with Crippen LogP contribution in [0.5, 0.6) is 0 Å². The van der Waals surface area contributed by atoms with Crippen LogP contribution in [-0.4, -0.2) is 37.6 Å². The Hall–Kier alpha value is -2.63. The number of aromatic carboxylic acids is 1. The average molecular weight is 420 g/mol. The van der Waals surface area contributed by atoms with E-state index in [0.717, 1.165) is 43.0 Å². The number of benzene rings is 1. The minimum Gasteiger partial charge on any atom is -0.476 e. The number of piperidine rings is 2. The van der Waals surface area contributed by atoms with E-state index in [1.54, 1.807) is 16.2 Å². The molecule has 2 saturated carbocycles. The predicted molar refractivity (Wildman–Crippen MR) is 118 cm³/mol. The summed E-state index contributed by atoms with van der Waals surface area (Å²) in [5, 5.41) is 9.57. The Bertz CT molecular complexity index is 1110. The maximum atomic E-state index is 13.2. The molecule has 4 bridgehead atoms. The van der Waals surface area contributed by atoms with Crippen molar-refractivity contribution >= 4 is 17.0 Å². The van der Waals surface area contributed by atoms with Gasteiger partial charge in [-0.2, -0.15) is 0 Å². The molecule has 4 aliphatic rings. The fraction of sp³-hybridized carbons (Fsp3) is 0.560. The van der Waals surface area contributed by atoms with Crippen molar-refractivity contribution < 1.29 is 9.90 Å². The Balaban J connectivity index is 1.37. The maximum absolute atomic E-state index is 13.2. The molecule has 6 nitrogen and oxygen atoms in total. The van der Waals surface area contributed by atoms with E-state index in [9.17, 15) is 14.7 Å². The van der Waals surface area contributed by atoms with Crippen LogP contribution >= 0.6 is 0 Å². The standard InChI is InChI=1S/C25H29N3O3/c29-24-23(25(30)31)26-21-9-1-2-10-22(21)28(24)19-12-17-7-4-8-18(13-19)27(17)14-20-15-5-3-6-16(20)11-15/h1-2,9-10,14-19H,3-8,11-13H2,(H,30,31)/t15?,16?,17-,18+,19+. The lowest BCUT2D eigenvalue weighted by molar-refractivity contribution is 0.0531. The minimum absolute atomic E-state index is 0.0179. The number of carbonyl (C=O) groups is 1. The molecule has 6 rings (SSSR count). The molecule has 2 aliphatic carbocycles. The molecule has 162 valence electrons. The quantitative estimate of drug-likeness (QED) is 0.800. The third-order valence-electron chi connectivity index (χ3n) is 8.28. The Morgan fingerprint density at radius 3 is 2.32 bits per heavy atom. The summed E-state index contributed by atoms with van der Waals surface area (Å²) >= 11 is 0. The van der Waals surface area contributed by atoms with E-state index in [0.29, 0.717) is 17.6 Å². The normalized spacial score (nSPS) is 31.9. The Kier molecular flexibility index (Phi) is 4.44. The molecule has 5 atom stereocenters. The summed E-state index contributed by atoms with van der Waals surface area (Å²) in [4.78, 5) is 31.7. The fourth-order valence-corrected chi connectivity index (χ4v) is 6.82. The third kappa shape index (κ3) is 3.02. The van der Waals surface area contributed by atoms with Crippen LogP contribution in [0.15, 0.2) is 40.8 Å². The van der Waals surface area contributed by atoms with Crippen LogP contribution in [0, 0.1) is 11.8 Å². The first-order chi connectivity index (χ1) is 15.1. The van der Waals surface area contributed by atoms with Crippen molar-refractivity contribution in [3.05, 3.63) is 52.1 Å². The number of hydrogen-bond donors (Lipinski definition) is 1. The topological polar surface area (TPSA) is 75.4 Å². The monoisotopic (exact) mass is 419 g/mol. The number of hydrogen-bond acceptors (Lipinski definition) is 4. The first-order valence-electron chi connectivity index (χ1n) is 11.8. The number of carboxylic acid groups (broad SMARTS) is 1. The molecule has 31 heavy (non-hydrogen) atoms. The van der Waals surface area contributed by atoms with Crippen LogP contribution in [0.2, 0.25) is 0 Å². The van der Waals surface area contributed by atoms with Crippen LogP contribution in [0.1, 0.15) is 74.3 Å². The van der Waals surface area contributed by atoms with Gasteiger partial charge in [0.1, 0.15) is 0 Å². The summed E-state index contributed by atoms with van der Waals surface area (Å²) in [6, 6.07) is 8.31. The number of carboxylic acids is 1. The van der Waals surface area contributed by atoms with Crippen LogP contribution in [0.4, 0.5) is 0 Å². The van der Waals surface area contributed by atoms with Gasteiger partial charge in [-0.3, -0.25) is 4.79 Å². The van der Waals surface area contributed by atoms with Crippen molar-refractivity contribution in [2.24, 2.45) is 11.8 Å². The third-order valence-corrected chi connectivity index (χ3v) is 8.28. The lowest BCUT2D eigenvalue weighted by atomic mass is 9.61. The highest BCUT2D eigenvalue weighted by molar-refractivity contribution is 5.88. The van der Waals surface area contributed by atoms with E-state index in [2.05, 4.69) is 16.1 Å². The number of fused-ring (bicyclic) bond motifs is 5. The number of aromatic nitrogens is 2. The van der Waals surface area contributed by atoms with Gasteiger partial charge in [0.05, 0.1) is 11.0 Å². The molecule has 1 N–H and O–H groups in total. The summed E-state index contributed by atoms with van der Waals surface area (Å²) in [6.45, 7) is 0. The van der Waals surface area contributed by atoms with Gasteiger partial charge >= 0.3 is 5.97 Å². The molecule has 6 heteroatoms. The summed E-state index contributed by atoms with van der Waals surface area (Å²) in [5.74, 6) is 0.368. The minimum atomic E-state index is -1.25. The number of para-hydroxylation sites is 2. The smallest absolute Gasteiger partial charge is 0.360 e. The lowest BCUT2D eigenvalue weighted by Gasteiger charge is -2.52. The highest BCUT2D eigenvalue weighted by atomic mass is 16.4. The van der Waals surface area contributed by atoms with Gasteiger partial charge in [0.2, 0.25) is 5.69 Å². The molecular weight excluding hydrogens is 390 g/mol. The molecule has 3 heterocycles. The molecule has 0 amide bonds. The molecular formula is C25H29N3O3. The Morgan fingerprint density at radius 2 is 1.65 bits per heavy atom. The van der Waals surface area contributed by atoms with E-state index in [1.807, 2.05) is 18.2 Å².